The fraction of sp³-hybridized carbons (Fsp3) is 0.556. The Labute approximate surface area is 91.4 Å². The van der Waals surface area contributed by atoms with Crippen molar-refractivity contribution in [3.8, 4) is 5.88 Å². The van der Waals surface area contributed by atoms with Gasteiger partial charge in [-0.15, -0.1) is 0 Å². The van der Waals surface area contributed by atoms with E-state index in [-0.39, 0.29) is 24.8 Å². The molecule has 0 radical (unpaired) electrons. The number of aromatic nitrogens is 2. The van der Waals surface area contributed by atoms with Gasteiger partial charge in [-0.1, -0.05) is 0 Å². The maximum atomic E-state index is 11.6. The fourth-order valence-corrected chi connectivity index (χ4v) is 1.71. The van der Waals surface area contributed by atoms with Gasteiger partial charge in [0.25, 0.3) is 0 Å². The molecule has 0 aliphatic carbocycles. The molecule has 7 heteroatoms. The zero-order valence-corrected chi connectivity index (χ0v) is 8.57. The number of ether oxygens (including phenoxy) is 1. The molecule has 0 unspecified atom stereocenters. The molecule has 0 spiro atoms. The minimum atomic E-state index is -0.480. The summed E-state index contributed by atoms with van der Waals surface area (Å²) in [5.41, 5.74) is -0.480. The Balaban J connectivity index is 2.19. The van der Waals surface area contributed by atoms with E-state index in [2.05, 4.69) is 9.82 Å². The second kappa shape index (κ2) is 4.60. The molecule has 0 saturated carbocycles. The molecule has 0 bridgehead atoms. The van der Waals surface area contributed by atoms with E-state index in [1.54, 1.807) is 0 Å². The molecule has 7 nitrogen and oxygen atoms in total. The standard InChI is InChI=1S/C9H13N3O4/c10-16-7-3-4-12(9(14)11-7)8-2-1-6(5-13)15-8/h3-4,6,8,13H,1-2,5,10H2/t6-,8+/m0/s1. The van der Waals surface area contributed by atoms with Crippen LogP contribution in [0.2, 0.25) is 0 Å². The van der Waals surface area contributed by atoms with Gasteiger partial charge < -0.3 is 14.7 Å². The minimum absolute atomic E-state index is 0.0390. The number of hydrogen-bond donors (Lipinski definition) is 2. The highest BCUT2D eigenvalue weighted by Gasteiger charge is 2.26. The fourth-order valence-electron chi connectivity index (χ4n) is 1.71. The number of nitrogens with zero attached hydrogens (tertiary/aromatic N) is 2. The first kappa shape index (κ1) is 11.1. The quantitative estimate of drug-likeness (QED) is 0.653. The van der Waals surface area contributed by atoms with Gasteiger partial charge in [-0.05, 0) is 12.8 Å². The van der Waals surface area contributed by atoms with E-state index in [0.717, 1.165) is 6.42 Å². The smallest absolute Gasteiger partial charge is 0.353 e. The molecule has 1 saturated heterocycles. The highest BCUT2D eigenvalue weighted by Crippen LogP contribution is 2.26. The van der Waals surface area contributed by atoms with Crippen molar-refractivity contribution >= 4 is 0 Å². The van der Waals surface area contributed by atoms with E-state index in [1.165, 1.54) is 16.8 Å². The van der Waals surface area contributed by atoms with Crippen LogP contribution in [-0.2, 0) is 4.74 Å². The maximum absolute atomic E-state index is 11.6. The Morgan fingerprint density at radius 3 is 3.06 bits per heavy atom. The third-order valence-electron chi connectivity index (χ3n) is 2.52. The lowest BCUT2D eigenvalue weighted by molar-refractivity contribution is -0.0247. The molecule has 1 aliphatic rings. The van der Waals surface area contributed by atoms with E-state index >= 15 is 0 Å². The van der Waals surface area contributed by atoms with Gasteiger partial charge in [0.05, 0.1) is 12.7 Å². The Kier molecular flexibility index (Phi) is 3.18. The van der Waals surface area contributed by atoms with Crippen LogP contribution in [0, 0.1) is 0 Å². The first-order valence-corrected chi connectivity index (χ1v) is 4.97. The summed E-state index contributed by atoms with van der Waals surface area (Å²) in [6, 6.07) is 1.48. The third-order valence-corrected chi connectivity index (χ3v) is 2.52. The summed E-state index contributed by atoms with van der Waals surface area (Å²) in [4.78, 5) is 19.5. The zero-order valence-electron chi connectivity index (χ0n) is 8.57. The van der Waals surface area contributed by atoms with Gasteiger partial charge in [-0.25, -0.2) is 4.79 Å². The highest BCUT2D eigenvalue weighted by atomic mass is 16.6. The molecule has 1 aliphatic heterocycles. The van der Waals surface area contributed by atoms with Gasteiger partial charge in [-0.2, -0.15) is 10.9 Å². The van der Waals surface area contributed by atoms with E-state index in [1.807, 2.05) is 0 Å². The number of nitrogens with two attached hydrogens (primary N) is 1. The molecule has 1 aromatic heterocycles. The van der Waals surface area contributed by atoms with Gasteiger partial charge in [0, 0.05) is 12.3 Å². The van der Waals surface area contributed by atoms with Gasteiger partial charge in [-0.3, -0.25) is 4.57 Å². The average Bonchev–Trinajstić information content (AvgIpc) is 2.77. The average molecular weight is 227 g/mol. The summed E-state index contributed by atoms with van der Waals surface area (Å²) in [5.74, 6) is 4.96. The van der Waals surface area contributed by atoms with E-state index in [0.29, 0.717) is 6.42 Å². The Bertz CT molecular complexity index is 419. The number of aliphatic hydroxyl groups is 1. The predicted octanol–water partition coefficient (Wildman–Crippen LogP) is -0.834. The van der Waals surface area contributed by atoms with Crippen LogP contribution in [0.3, 0.4) is 0 Å². The van der Waals surface area contributed by atoms with Gasteiger partial charge in [0.15, 0.2) is 0 Å². The summed E-state index contributed by atoms with van der Waals surface area (Å²) in [7, 11) is 0. The second-order valence-corrected chi connectivity index (χ2v) is 3.55. The lowest BCUT2D eigenvalue weighted by Gasteiger charge is -2.14. The molecular formula is C9H13N3O4. The van der Waals surface area contributed by atoms with Crippen molar-refractivity contribution in [1.29, 1.82) is 0 Å². The van der Waals surface area contributed by atoms with Crippen molar-refractivity contribution < 1.29 is 14.7 Å². The molecule has 16 heavy (non-hydrogen) atoms. The molecule has 2 atom stereocenters. The summed E-state index contributed by atoms with van der Waals surface area (Å²) in [6.45, 7) is -0.0390. The summed E-state index contributed by atoms with van der Waals surface area (Å²) >= 11 is 0. The maximum Gasteiger partial charge on any atom is 0.353 e. The van der Waals surface area contributed by atoms with Crippen LogP contribution in [0.15, 0.2) is 17.1 Å². The summed E-state index contributed by atoms with van der Waals surface area (Å²) in [5, 5.41) is 8.92. The highest BCUT2D eigenvalue weighted by molar-refractivity contribution is 5.05. The van der Waals surface area contributed by atoms with Crippen LogP contribution in [0.25, 0.3) is 0 Å². The van der Waals surface area contributed by atoms with Gasteiger partial charge >= 0.3 is 5.69 Å². The second-order valence-electron chi connectivity index (χ2n) is 3.55. The summed E-state index contributed by atoms with van der Waals surface area (Å²) in [6.07, 6.45) is 2.34. The van der Waals surface area contributed by atoms with Crippen molar-refractivity contribution in [2.24, 2.45) is 5.90 Å². The van der Waals surface area contributed by atoms with Crippen LogP contribution in [0.4, 0.5) is 0 Å². The van der Waals surface area contributed by atoms with Gasteiger partial charge in [0.2, 0.25) is 5.88 Å². The van der Waals surface area contributed by atoms with Crippen LogP contribution >= 0.6 is 0 Å². The van der Waals surface area contributed by atoms with E-state index in [9.17, 15) is 4.79 Å². The molecule has 0 amide bonds. The Morgan fingerprint density at radius 1 is 1.69 bits per heavy atom. The van der Waals surface area contributed by atoms with Crippen molar-refractivity contribution in [3.63, 3.8) is 0 Å². The van der Waals surface area contributed by atoms with E-state index in [4.69, 9.17) is 15.7 Å². The molecule has 1 fully saturated rings. The van der Waals surface area contributed by atoms with E-state index < -0.39 is 5.69 Å². The van der Waals surface area contributed by atoms with Crippen molar-refractivity contribution in [2.45, 2.75) is 25.2 Å². The van der Waals surface area contributed by atoms with Crippen molar-refractivity contribution in [3.05, 3.63) is 22.7 Å². The molecular weight excluding hydrogens is 214 g/mol. The van der Waals surface area contributed by atoms with Crippen LogP contribution in [-0.4, -0.2) is 27.4 Å². The SMILES string of the molecule is NOc1ccn([C@H]2CC[C@@H](CO)O2)c(=O)n1. The largest absolute Gasteiger partial charge is 0.394 e. The van der Waals surface area contributed by atoms with Crippen molar-refractivity contribution in [2.75, 3.05) is 6.61 Å². The topological polar surface area (TPSA) is 99.6 Å². The monoisotopic (exact) mass is 227 g/mol. The molecule has 0 aromatic carbocycles. The van der Waals surface area contributed by atoms with Crippen LogP contribution in [0.1, 0.15) is 19.1 Å². The van der Waals surface area contributed by atoms with Crippen LogP contribution in [0.5, 0.6) is 5.88 Å². The lowest BCUT2D eigenvalue weighted by Crippen LogP contribution is -2.27. The molecule has 2 heterocycles. The first-order chi connectivity index (χ1) is 7.74. The van der Waals surface area contributed by atoms with Crippen molar-refractivity contribution in [1.82, 2.24) is 9.55 Å². The normalized spacial score (nSPS) is 24.6. The van der Waals surface area contributed by atoms with Gasteiger partial charge in [0.1, 0.15) is 6.23 Å². The first-order valence-electron chi connectivity index (χ1n) is 4.97. The third kappa shape index (κ3) is 2.06. The molecule has 3 N–H and O–H groups in total. The van der Waals surface area contributed by atoms with Crippen LogP contribution < -0.4 is 16.4 Å². The minimum Gasteiger partial charge on any atom is -0.394 e. The molecule has 1 aromatic rings. The number of hydrogen-bond acceptors (Lipinski definition) is 6. The predicted molar refractivity (Wildman–Crippen MR) is 53.5 cm³/mol. The zero-order chi connectivity index (χ0) is 11.5. The Hall–Kier alpha value is -1.44. The summed E-state index contributed by atoms with van der Waals surface area (Å²) < 4.78 is 6.81. The number of aliphatic hydroxyl groups excluding tert-OH is 1. The molecule has 2 rings (SSSR count). The number of rotatable bonds is 3. The molecule has 88 valence electrons. The Morgan fingerprint density at radius 2 is 2.50 bits per heavy atom. The lowest BCUT2D eigenvalue weighted by atomic mass is 10.2.